The standard InChI is InChI=1S/C13H10N2O5S/c16-12(11-7-9(13(17)18)14-21(11,19)20)15-6-5-8-3-1-2-4-10(8)15/h1-4,7H,5-6H2,(H,17,18). The molecule has 3 rings (SSSR count). The summed E-state index contributed by atoms with van der Waals surface area (Å²) in [4.78, 5) is 24.0. The first-order valence-corrected chi connectivity index (χ1v) is 7.54. The first-order chi connectivity index (χ1) is 9.90. The second-order valence-corrected chi connectivity index (χ2v) is 6.17. The fourth-order valence-corrected chi connectivity index (χ4v) is 3.44. The number of carbonyl (C=O) groups is 2. The van der Waals surface area contributed by atoms with Crippen LogP contribution in [0.5, 0.6) is 0 Å². The molecule has 1 amide bonds. The minimum absolute atomic E-state index is 0.355. The lowest BCUT2D eigenvalue weighted by Gasteiger charge is -2.16. The van der Waals surface area contributed by atoms with Crippen LogP contribution >= 0.6 is 0 Å². The third-order valence-electron chi connectivity index (χ3n) is 3.33. The number of sulfonamides is 1. The molecule has 1 aromatic rings. The highest BCUT2D eigenvalue weighted by molar-refractivity contribution is 7.95. The molecule has 0 aliphatic carbocycles. The summed E-state index contributed by atoms with van der Waals surface area (Å²) < 4.78 is 26.7. The molecular formula is C13H10N2O5S. The van der Waals surface area contributed by atoms with Crippen molar-refractivity contribution in [2.45, 2.75) is 6.42 Å². The molecule has 21 heavy (non-hydrogen) atoms. The van der Waals surface area contributed by atoms with Gasteiger partial charge in [0.05, 0.1) is 0 Å². The molecule has 0 unspecified atom stereocenters. The first-order valence-electron chi connectivity index (χ1n) is 6.10. The minimum Gasteiger partial charge on any atom is -0.476 e. The van der Waals surface area contributed by atoms with Gasteiger partial charge in [0, 0.05) is 12.2 Å². The fraction of sp³-hybridized carbons (Fsp3) is 0.154. The summed E-state index contributed by atoms with van der Waals surface area (Å²) >= 11 is 0. The maximum Gasteiger partial charge on any atom is 0.355 e. The Kier molecular flexibility index (Phi) is 2.91. The number of para-hydroxylation sites is 1. The third-order valence-corrected chi connectivity index (χ3v) is 4.61. The Hall–Kier alpha value is -2.48. The van der Waals surface area contributed by atoms with Crippen LogP contribution in [-0.4, -0.2) is 37.7 Å². The molecule has 0 spiro atoms. The second kappa shape index (κ2) is 4.52. The quantitative estimate of drug-likeness (QED) is 0.848. The molecule has 8 heteroatoms. The van der Waals surface area contributed by atoms with Crippen LogP contribution in [0.3, 0.4) is 0 Å². The molecule has 0 saturated carbocycles. The second-order valence-electron chi connectivity index (χ2n) is 4.60. The molecule has 2 aliphatic rings. The predicted molar refractivity (Wildman–Crippen MR) is 74.6 cm³/mol. The lowest BCUT2D eigenvalue weighted by molar-refractivity contribution is -0.129. The predicted octanol–water partition coefficient (Wildman–Crippen LogP) is 0.329. The topological polar surface area (TPSA) is 104 Å². The number of benzene rings is 1. The van der Waals surface area contributed by atoms with Crippen LogP contribution in [0.4, 0.5) is 5.69 Å². The number of carbonyl (C=O) groups excluding carboxylic acids is 1. The summed E-state index contributed by atoms with van der Waals surface area (Å²) in [7, 11) is -4.24. The van der Waals surface area contributed by atoms with Crippen molar-refractivity contribution in [3.8, 4) is 0 Å². The maximum absolute atomic E-state index is 12.4. The van der Waals surface area contributed by atoms with E-state index in [2.05, 4.69) is 4.40 Å². The monoisotopic (exact) mass is 306 g/mol. The molecule has 0 atom stereocenters. The maximum atomic E-state index is 12.4. The van der Waals surface area contributed by atoms with E-state index >= 15 is 0 Å². The summed E-state index contributed by atoms with van der Waals surface area (Å²) in [5, 5.41) is 8.80. The van der Waals surface area contributed by atoms with Crippen molar-refractivity contribution in [2.75, 3.05) is 11.4 Å². The lowest BCUT2D eigenvalue weighted by Crippen LogP contribution is -2.31. The van der Waals surface area contributed by atoms with Crippen molar-refractivity contribution >= 4 is 33.3 Å². The summed E-state index contributed by atoms with van der Waals surface area (Å²) in [6.07, 6.45) is 1.43. The minimum atomic E-state index is -4.24. The molecule has 0 bridgehead atoms. The van der Waals surface area contributed by atoms with Crippen LogP contribution in [-0.2, 0) is 26.0 Å². The number of amides is 1. The number of rotatable bonds is 2. The SMILES string of the molecule is O=C(O)C1=NS(=O)(=O)C(C(=O)N2CCc3ccccc32)=C1. The summed E-state index contributed by atoms with van der Waals surface area (Å²) in [5.74, 6) is -2.23. The summed E-state index contributed by atoms with van der Waals surface area (Å²) in [5.41, 5.74) is 0.939. The van der Waals surface area contributed by atoms with Gasteiger partial charge in [-0.2, -0.15) is 12.8 Å². The Morgan fingerprint density at radius 1 is 1.24 bits per heavy atom. The summed E-state index contributed by atoms with van der Waals surface area (Å²) in [6.45, 7) is 0.355. The van der Waals surface area contributed by atoms with E-state index in [0.717, 1.165) is 11.6 Å². The van der Waals surface area contributed by atoms with E-state index in [1.54, 1.807) is 12.1 Å². The highest BCUT2D eigenvalue weighted by Crippen LogP contribution is 2.30. The average molecular weight is 306 g/mol. The van der Waals surface area contributed by atoms with Crippen LogP contribution in [0.15, 0.2) is 39.6 Å². The molecule has 2 aliphatic heterocycles. The number of carboxylic acid groups (broad SMARTS) is 1. The van der Waals surface area contributed by atoms with Crippen molar-refractivity contribution in [1.82, 2.24) is 0 Å². The van der Waals surface area contributed by atoms with Gasteiger partial charge in [0.15, 0.2) is 10.6 Å². The van der Waals surface area contributed by atoms with Crippen LogP contribution in [0.25, 0.3) is 0 Å². The zero-order chi connectivity index (χ0) is 15.2. The van der Waals surface area contributed by atoms with Gasteiger partial charge in [0.1, 0.15) is 0 Å². The molecule has 0 fully saturated rings. The Balaban J connectivity index is 1.99. The van der Waals surface area contributed by atoms with E-state index in [0.29, 0.717) is 18.7 Å². The van der Waals surface area contributed by atoms with Crippen molar-refractivity contribution in [3.05, 3.63) is 40.8 Å². The first kappa shape index (κ1) is 13.5. The Bertz CT molecular complexity index is 823. The number of anilines is 1. The third kappa shape index (κ3) is 2.13. The largest absolute Gasteiger partial charge is 0.476 e. The number of nitrogens with zero attached hydrogens (tertiary/aromatic N) is 2. The molecule has 2 heterocycles. The fourth-order valence-electron chi connectivity index (χ4n) is 2.36. The van der Waals surface area contributed by atoms with Crippen molar-refractivity contribution in [1.29, 1.82) is 0 Å². The van der Waals surface area contributed by atoms with Crippen LogP contribution in [0.1, 0.15) is 5.56 Å². The van der Waals surface area contributed by atoms with E-state index in [9.17, 15) is 18.0 Å². The number of hydrogen-bond donors (Lipinski definition) is 1. The van der Waals surface area contributed by atoms with E-state index in [4.69, 9.17) is 5.11 Å². The van der Waals surface area contributed by atoms with Gasteiger partial charge in [0.2, 0.25) is 0 Å². The lowest BCUT2D eigenvalue weighted by atomic mass is 10.2. The van der Waals surface area contributed by atoms with Gasteiger partial charge in [0.25, 0.3) is 15.9 Å². The zero-order valence-electron chi connectivity index (χ0n) is 10.7. The van der Waals surface area contributed by atoms with Crippen molar-refractivity contribution < 1.29 is 23.1 Å². The van der Waals surface area contributed by atoms with Crippen molar-refractivity contribution in [3.63, 3.8) is 0 Å². The highest BCUT2D eigenvalue weighted by Gasteiger charge is 2.37. The Morgan fingerprint density at radius 3 is 2.62 bits per heavy atom. The van der Waals surface area contributed by atoms with Gasteiger partial charge in [-0.1, -0.05) is 18.2 Å². The molecule has 1 aromatic carbocycles. The van der Waals surface area contributed by atoms with Crippen LogP contribution in [0.2, 0.25) is 0 Å². The van der Waals surface area contributed by atoms with Gasteiger partial charge in [-0.3, -0.25) is 4.79 Å². The number of fused-ring (bicyclic) bond motifs is 1. The molecule has 0 saturated heterocycles. The average Bonchev–Trinajstić information content (AvgIpc) is 2.98. The molecule has 7 nitrogen and oxygen atoms in total. The van der Waals surface area contributed by atoms with Gasteiger partial charge >= 0.3 is 5.97 Å². The van der Waals surface area contributed by atoms with E-state index in [-0.39, 0.29) is 0 Å². The van der Waals surface area contributed by atoms with Gasteiger partial charge in [-0.15, -0.1) is 0 Å². The molecular weight excluding hydrogens is 296 g/mol. The van der Waals surface area contributed by atoms with Gasteiger partial charge in [-0.05, 0) is 24.1 Å². The number of hydrogen-bond acceptors (Lipinski definition) is 4. The zero-order valence-corrected chi connectivity index (χ0v) is 11.5. The smallest absolute Gasteiger partial charge is 0.355 e. The molecule has 1 N–H and O–H groups in total. The Morgan fingerprint density at radius 2 is 1.95 bits per heavy atom. The van der Waals surface area contributed by atoms with E-state index in [1.165, 1.54) is 4.90 Å². The normalized spacial score (nSPS) is 19.0. The Labute approximate surface area is 120 Å². The highest BCUT2D eigenvalue weighted by atomic mass is 32.2. The molecule has 0 radical (unpaired) electrons. The molecule has 0 aromatic heterocycles. The van der Waals surface area contributed by atoms with Crippen molar-refractivity contribution in [2.24, 2.45) is 4.40 Å². The number of aliphatic carboxylic acids is 1. The molecule has 108 valence electrons. The van der Waals surface area contributed by atoms with Gasteiger partial charge in [-0.25, -0.2) is 4.79 Å². The van der Waals surface area contributed by atoms with Gasteiger partial charge < -0.3 is 10.0 Å². The van der Waals surface area contributed by atoms with E-state index < -0.39 is 32.5 Å². The van der Waals surface area contributed by atoms with Crippen LogP contribution < -0.4 is 4.90 Å². The van der Waals surface area contributed by atoms with Crippen LogP contribution in [0, 0.1) is 0 Å². The number of carboxylic acids is 1. The van der Waals surface area contributed by atoms with E-state index in [1.807, 2.05) is 12.1 Å². The summed E-state index contributed by atoms with van der Waals surface area (Å²) in [6, 6.07) is 7.17.